The van der Waals surface area contributed by atoms with Gasteiger partial charge in [-0.1, -0.05) is 35.5 Å². The third kappa shape index (κ3) is 3.84. The molecule has 0 radical (unpaired) electrons. The lowest BCUT2D eigenvalue weighted by molar-refractivity contribution is -0.142. The van der Waals surface area contributed by atoms with Gasteiger partial charge in [-0.15, -0.1) is 5.10 Å². The summed E-state index contributed by atoms with van der Waals surface area (Å²) in [6, 6.07) is 8.38. The Hall–Kier alpha value is -2.90. The lowest BCUT2D eigenvalue weighted by Gasteiger charge is -2.26. The number of benzene rings is 1. The molecule has 2 aromatic rings. The zero-order chi connectivity index (χ0) is 18.9. The van der Waals surface area contributed by atoms with Crippen molar-refractivity contribution in [2.24, 2.45) is 0 Å². The van der Waals surface area contributed by atoms with Gasteiger partial charge in [-0.05, 0) is 20.8 Å². The molecule has 1 aliphatic rings. The predicted octanol–water partition coefficient (Wildman–Crippen LogP) is 2.58. The van der Waals surface area contributed by atoms with Crippen molar-refractivity contribution in [3.05, 3.63) is 36.5 Å². The van der Waals surface area contributed by atoms with Crippen LogP contribution in [0.2, 0.25) is 0 Å². The number of carboxylic acid groups (broad SMARTS) is 1. The van der Waals surface area contributed by atoms with Crippen LogP contribution in [-0.4, -0.2) is 55.3 Å². The minimum absolute atomic E-state index is 0.212. The van der Waals surface area contributed by atoms with E-state index in [0.29, 0.717) is 5.69 Å². The van der Waals surface area contributed by atoms with Gasteiger partial charge in [-0.2, -0.15) is 0 Å². The van der Waals surface area contributed by atoms with Crippen molar-refractivity contribution in [1.82, 2.24) is 19.9 Å². The second-order valence-electron chi connectivity index (χ2n) is 7.33. The summed E-state index contributed by atoms with van der Waals surface area (Å²) in [4.78, 5) is 25.2. The van der Waals surface area contributed by atoms with Gasteiger partial charge in [0.15, 0.2) is 0 Å². The highest BCUT2D eigenvalue weighted by Gasteiger charge is 2.42. The summed E-state index contributed by atoms with van der Waals surface area (Å²) in [5.41, 5.74) is 0.940. The van der Waals surface area contributed by atoms with E-state index in [2.05, 4.69) is 10.3 Å². The molecular weight excluding hydrogens is 336 g/mol. The van der Waals surface area contributed by atoms with Crippen LogP contribution in [0.4, 0.5) is 4.79 Å². The zero-order valence-electron chi connectivity index (χ0n) is 15.0. The Morgan fingerprint density at radius 3 is 2.54 bits per heavy atom. The van der Waals surface area contributed by atoms with Crippen LogP contribution in [0.5, 0.6) is 0 Å². The van der Waals surface area contributed by atoms with Gasteiger partial charge in [0, 0.05) is 18.5 Å². The first-order valence-corrected chi connectivity index (χ1v) is 8.44. The van der Waals surface area contributed by atoms with E-state index < -0.39 is 23.7 Å². The van der Waals surface area contributed by atoms with Crippen molar-refractivity contribution >= 4 is 12.1 Å². The van der Waals surface area contributed by atoms with Crippen molar-refractivity contribution in [1.29, 1.82) is 0 Å². The maximum absolute atomic E-state index is 12.4. The molecule has 8 nitrogen and oxygen atoms in total. The molecule has 8 heteroatoms. The van der Waals surface area contributed by atoms with Crippen LogP contribution in [0.3, 0.4) is 0 Å². The van der Waals surface area contributed by atoms with Crippen molar-refractivity contribution < 1.29 is 19.4 Å². The monoisotopic (exact) mass is 358 g/mol. The zero-order valence-corrected chi connectivity index (χ0v) is 15.0. The van der Waals surface area contributed by atoms with Gasteiger partial charge in [0.2, 0.25) is 0 Å². The smallest absolute Gasteiger partial charge is 0.411 e. The molecule has 1 aliphatic heterocycles. The molecule has 0 bridgehead atoms. The van der Waals surface area contributed by atoms with E-state index in [1.54, 1.807) is 31.6 Å². The van der Waals surface area contributed by atoms with Gasteiger partial charge in [0.05, 0.1) is 12.2 Å². The van der Waals surface area contributed by atoms with E-state index in [4.69, 9.17) is 4.74 Å². The highest BCUT2D eigenvalue weighted by atomic mass is 16.6. The number of hydrogen-bond acceptors (Lipinski definition) is 5. The molecule has 2 atom stereocenters. The van der Waals surface area contributed by atoms with Gasteiger partial charge in [-0.3, -0.25) is 4.90 Å². The third-order valence-corrected chi connectivity index (χ3v) is 4.15. The van der Waals surface area contributed by atoms with Gasteiger partial charge in [-0.25, -0.2) is 14.3 Å². The Balaban J connectivity index is 1.79. The number of ether oxygens (including phenoxy) is 1. The van der Waals surface area contributed by atoms with Crippen molar-refractivity contribution in [3.63, 3.8) is 0 Å². The molecule has 0 aliphatic carbocycles. The fourth-order valence-corrected chi connectivity index (χ4v) is 2.96. The normalized spacial score (nSPS) is 20.2. The quantitative estimate of drug-likeness (QED) is 0.906. The second-order valence-corrected chi connectivity index (χ2v) is 7.33. The molecule has 0 unspecified atom stereocenters. The predicted molar refractivity (Wildman–Crippen MR) is 93.5 cm³/mol. The summed E-state index contributed by atoms with van der Waals surface area (Å²) in [6.07, 6.45) is 1.40. The third-order valence-electron chi connectivity index (χ3n) is 4.15. The summed E-state index contributed by atoms with van der Waals surface area (Å²) in [6.45, 7) is 5.46. The number of rotatable bonds is 3. The minimum atomic E-state index is -1.05. The van der Waals surface area contributed by atoms with Crippen LogP contribution in [0.1, 0.15) is 33.2 Å². The molecule has 0 saturated carbocycles. The van der Waals surface area contributed by atoms with Gasteiger partial charge >= 0.3 is 12.1 Å². The van der Waals surface area contributed by atoms with E-state index in [1.165, 1.54) is 4.90 Å². The molecule has 1 fully saturated rings. The van der Waals surface area contributed by atoms with Gasteiger partial charge in [0.1, 0.15) is 17.3 Å². The topological polar surface area (TPSA) is 97.5 Å². The van der Waals surface area contributed by atoms with Crippen molar-refractivity contribution in [2.45, 2.75) is 44.9 Å². The van der Waals surface area contributed by atoms with E-state index in [1.807, 2.05) is 30.3 Å². The number of aromatic nitrogens is 3. The Kier molecular flexibility index (Phi) is 4.67. The molecule has 1 saturated heterocycles. The summed E-state index contributed by atoms with van der Waals surface area (Å²) < 4.78 is 6.97. The summed E-state index contributed by atoms with van der Waals surface area (Å²) in [5, 5.41) is 17.8. The first-order valence-electron chi connectivity index (χ1n) is 8.44. The first kappa shape index (κ1) is 17.9. The van der Waals surface area contributed by atoms with Crippen LogP contribution >= 0.6 is 0 Å². The van der Waals surface area contributed by atoms with E-state index in [-0.39, 0.29) is 19.0 Å². The molecule has 0 spiro atoms. The number of nitrogens with zero attached hydrogens (tertiary/aromatic N) is 4. The largest absolute Gasteiger partial charge is 0.480 e. The van der Waals surface area contributed by atoms with Crippen molar-refractivity contribution in [2.75, 3.05) is 6.54 Å². The molecular formula is C18H22N4O4. The lowest BCUT2D eigenvalue weighted by atomic mass is 10.1. The SMILES string of the molecule is CC(C)(C)OC(=O)N1C[C@H](n2cc(-c3ccccc3)nn2)C[C@H]1C(=O)O. The Labute approximate surface area is 151 Å². The number of carbonyl (C=O) groups is 2. The van der Waals surface area contributed by atoms with Crippen LogP contribution < -0.4 is 0 Å². The van der Waals surface area contributed by atoms with Gasteiger partial charge < -0.3 is 9.84 Å². The lowest BCUT2D eigenvalue weighted by Crippen LogP contribution is -2.43. The molecule has 2 heterocycles. The van der Waals surface area contributed by atoms with E-state index in [0.717, 1.165) is 5.56 Å². The van der Waals surface area contributed by atoms with Crippen LogP contribution in [0.25, 0.3) is 11.3 Å². The summed E-state index contributed by atoms with van der Waals surface area (Å²) in [5.74, 6) is -1.05. The summed E-state index contributed by atoms with van der Waals surface area (Å²) >= 11 is 0. The molecule has 1 aromatic carbocycles. The average molecular weight is 358 g/mol. The maximum atomic E-state index is 12.4. The number of likely N-dealkylation sites (tertiary alicyclic amines) is 1. The fourth-order valence-electron chi connectivity index (χ4n) is 2.96. The maximum Gasteiger partial charge on any atom is 0.411 e. The van der Waals surface area contributed by atoms with Crippen LogP contribution in [0, 0.1) is 0 Å². The second kappa shape index (κ2) is 6.78. The number of aliphatic carboxylic acids is 1. The molecule has 3 rings (SSSR count). The molecule has 1 N–H and O–H groups in total. The molecule has 138 valence electrons. The van der Waals surface area contributed by atoms with E-state index in [9.17, 15) is 14.7 Å². The Bertz CT molecular complexity index is 797. The molecule has 26 heavy (non-hydrogen) atoms. The number of carbonyl (C=O) groups excluding carboxylic acids is 1. The first-order chi connectivity index (χ1) is 12.2. The molecule has 1 amide bonds. The fraction of sp³-hybridized carbons (Fsp3) is 0.444. The number of carboxylic acids is 1. The number of amides is 1. The Morgan fingerprint density at radius 2 is 1.92 bits per heavy atom. The highest BCUT2D eigenvalue weighted by Crippen LogP contribution is 2.29. The van der Waals surface area contributed by atoms with Crippen LogP contribution in [-0.2, 0) is 9.53 Å². The number of hydrogen-bond donors (Lipinski definition) is 1. The minimum Gasteiger partial charge on any atom is -0.480 e. The highest BCUT2D eigenvalue weighted by molar-refractivity contribution is 5.81. The van der Waals surface area contributed by atoms with E-state index >= 15 is 0 Å². The Morgan fingerprint density at radius 1 is 1.23 bits per heavy atom. The molecule has 1 aromatic heterocycles. The summed E-state index contributed by atoms with van der Waals surface area (Å²) in [7, 11) is 0. The average Bonchev–Trinajstić information content (AvgIpc) is 3.21. The van der Waals surface area contributed by atoms with Crippen LogP contribution in [0.15, 0.2) is 36.5 Å². The van der Waals surface area contributed by atoms with Crippen molar-refractivity contribution in [3.8, 4) is 11.3 Å². The standard InChI is InChI=1S/C18H22N4O4/c1-18(2,3)26-17(25)21-10-13(9-15(21)16(23)24)22-11-14(19-20-22)12-7-5-4-6-8-12/h4-8,11,13,15H,9-10H2,1-3H3,(H,23,24)/t13-,15+/m1/s1. The van der Waals surface area contributed by atoms with Gasteiger partial charge in [0.25, 0.3) is 0 Å².